The average Bonchev–Trinajstić information content (AvgIpc) is 1.38. The summed E-state index contributed by atoms with van der Waals surface area (Å²) in [6, 6.07) is 0. The van der Waals surface area contributed by atoms with Gasteiger partial charge in [-0.05, 0) is 0 Å². The largest absolute Gasteiger partial charge is 0.379 e. The maximum Gasteiger partial charge on any atom is 0.137 e. The molecule has 0 aliphatic rings. The molecule has 32 valence electrons. The van der Waals surface area contributed by atoms with Gasteiger partial charge in [0.05, 0.1) is 0 Å². The van der Waals surface area contributed by atoms with Crippen LogP contribution in [0.1, 0.15) is 0 Å². The number of rotatable bonds is 1. The molecule has 1 nitrogen and oxygen atoms in total. The summed E-state index contributed by atoms with van der Waals surface area (Å²) in [7, 11) is 0. The molecule has 0 aliphatic carbocycles. The Kier molecular flexibility index (Phi) is 2.79. The molecule has 3 heteroatoms. The number of alkyl halides is 2. The molecule has 0 amide bonds. The van der Waals surface area contributed by atoms with E-state index in [9.17, 15) is 4.39 Å². The lowest BCUT2D eigenvalue weighted by Gasteiger charge is -1.85. The smallest absolute Gasteiger partial charge is 0.137 e. The lowest BCUT2D eigenvalue weighted by Crippen LogP contribution is -1.94. The van der Waals surface area contributed by atoms with Crippen molar-refractivity contribution in [2.24, 2.45) is 0 Å². The van der Waals surface area contributed by atoms with Gasteiger partial charge in [-0.3, -0.25) is 0 Å². The Morgan fingerprint density at radius 2 is 2.20 bits per heavy atom. The van der Waals surface area contributed by atoms with E-state index in [1.54, 1.807) is 0 Å². The van der Waals surface area contributed by atoms with Crippen molar-refractivity contribution in [3.05, 3.63) is 0 Å². The summed E-state index contributed by atoms with van der Waals surface area (Å²) < 4.78 is 10.8. The highest BCUT2D eigenvalue weighted by Gasteiger charge is 1.88. The van der Waals surface area contributed by atoms with Crippen molar-refractivity contribution in [3.8, 4) is 0 Å². The van der Waals surface area contributed by atoms with Crippen LogP contribution in [0.25, 0.3) is 0 Å². The van der Waals surface area contributed by atoms with E-state index in [0.29, 0.717) is 0 Å². The molecule has 1 N–H and O–H groups in total. The van der Waals surface area contributed by atoms with Crippen molar-refractivity contribution in [2.75, 3.05) is 6.67 Å². The minimum Gasteiger partial charge on any atom is -0.379 e. The van der Waals surface area contributed by atoms with Crippen molar-refractivity contribution in [1.82, 2.24) is 0 Å². The summed E-state index contributed by atoms with van der Waals surface area (Å²) in [6.45, 7) is -0.722. The molecule has 0 aromatic carbocycles. The van der Waals surface area contributed by atoms with Crippen LogP contribution in [0.4, 0.5) is 4.39 Å². The summed E-state index contributed by atoms with van der Waals surface area (Å²) in [5, 5.41) is 6.93. The van der Waals surface area contributed by atoms with E-state index in [1.165, 1.54) is 0 Å². The van der Waals surface area contributed by atoms with Crippen LogP contribution in [0.15, 0.2) is 0 Å². The molecular formula is C2H4BrFO. The van der Waals surface area contributed by atoms with E-state index in [0.717, 1.165) is 0 Å². The quantitative estimate of drug-likeness (QED) is 0.534. The van der Waals surface area contributed by atoms with Gasteiger partial charge in [0, 0.05) is 0 Å². The Bertz CT molecular complexity index is 23.6. The van der Waals surface area contributed by atoms with Gasteiger partial charge in [0.15, 0.2) is 0 Å². The van der Waals surface area contributed by atoms with Gasteiger partial charge in [0.25, 0.3) is 0 Å². The molecule has 0 rings (SSSR count). The number of aliphatic hydroxyl groups excluding tert-OH is 1. The molecule has 0 aromatic heterocycles. The maximum absolute atomic E-state index is 10.8. The Morgan fingerprint density at radius 1 is 2.00 bits per heavy atom. The summed E-state index contributed by atoms with van der Waals surface area (Å²) in [5.41, 5.74) is 0. The lowest BCUT2D eigenvalue weighted by atomic mass is 10.8. The monoisotopic (exact) mass is 142 g/mol. The average molecular weight is 143 g/mol. The first kappa shape index (κ1) is 5.37. The summed E-state index contributed by atoms with van der Waals surface area (Å²) >= 11 is 2.55. The van der Waals surface area contributed by atoms with Crippen LogP contribution < -0.4 is 0 Å². The van der Waals surface area contributed by atoms with Gasteiger partial charge < -0.3 is 5.11 Å². The van der Waals surface area contributed by atoms with Crippen LogP contribution in [0, 0.1) is 0 Å². The number of hydrogen-bond acceptors (Lipinski definition) is 1. The Balaban J connectivity index is 2.54. The van der Waals surface area contributed by atoms with E-state index < -0.39 is 11.7 Å². The number of halogens is 2. The fraction of sp³-hybridized carbons (Fsp3) is 1.00. The van der Waals surface area contributed by atoms with Crippen molar-refractivity contribution in [3.63, 3.8) is 0 Å². The van der Waals surface area contributed by atoms with Crippen molar-refractivity contribution in [2.45, 2.75) is 5.01 Å². The molecule has 0 aromatic rings. The van der Waals surface area contributed by atoms with Crippen molar-refractivity contribution in [1.29, 1.82) is 0 Å². The van der Waals surface area contributed by atoms with Gasteiger partial charge in [-0.15, -0.1) is 0 Å². The zero-order chi connectivity index (χ0) is 4.28. The van der Waals surface area contributed by atoms with Gasteiger partial charge in [0.1, 0.15) is 11.7 Å². The normalized spacial score (nSPS) is 15.0. The zero-order valence-electron chi connectivity index (χ0n) is 2.49. The fourth-order valence-electron chi connectivity index (χ4n) is 0. The molecule has 0 spiro atoms. The molecule has 0 bridgehead atoms. The molecule has 5 heavy (non-hydrogen) atoms. The minimum absolute atomic E-state index is 0.722. The predicted molar refractivity (Wildman–Crippen MR) is 20.9 cm³/mol. The molecular weight excluding hydrogens is 139 g/mol. The topological polar surface area (TPSA) is 20.2 Å². The molecule has 0 fully saturated rings. The Labute approximate surface area is 37.9 Å². The molecule has 0 saturated carbocycles. The Hall–Kier alpha value is 0.370. The van der Waals surface area contributed by atoms with Crippen molar-refractivity contribution < 1.29 is 9.50 Å². The van der Waals surface area contributed by atoms with E-state index in [4.69, 9.17) is 5.11 Å². The van der Waals surface area contributed by atoms with E-state index >= 15 is 0 Å². The minimum atomic E-state index is -0.970. The van der Waals surface area contributed by atoms with Crippen LogP contribution in [0.5, 0.6) is 0 Å². The fourth-order valence-corrected chi connectivity index (χ4v) is 0. The maximum atomic E-state index is 10.8. The second-order valence-electron chi connectivity index (χ2n) is 0.589. The highest BCUT2D eigenvalue weighted by molar-refractivity contribution is 9.09. The third-order valence-corrected chi connectivity index (χ3v) is 0.372. The summed E-state index contributed by atoms with van der Waals surface area (Å²) in [6.07, 6.45) is 0. The summed E-state index contributed by atoms with van der Waals surface area (Å²) in [5.74, 6) is 0. The third-order valence-electron chi connectivity index (χ3n) is 0.127. The van der Waals surface area contributed by atoms with Gasteiger partial charge in [-0.25, -0.2) is 4.39 Å². The molecule has 1 unspecified atom stereocenters. The highest BCUT2D eigenvalue weighted by atomic mass is 79.9. The lowest BCUT2D eigenvalue weighted by molar-refractivity contribution is 0.226. The first-order valence-corrected chi connectivity index (χ1v) is 2.07. The first-order chi connectivity index (χ1) is 2.27. The second-order valence-corrected chi connectivity index (χ2v) is 1.65. The van der Waals surface area contributed by atoms with E-state index in [1.807, 2.05) is 0 Å². The molecule has 1 atom stereocenters. The Morgan fingerprint density at radius 3 is 2.20 bits per heavy atom. The molecule has 0 aliphatic heterocycles. The first-order valence-electron chi connectivity index (χ1n) is 1.15. The van der Waals surface area contributed by atoms with Gasteiger partial charge in [0.2, 0.25) is 0 Å². The van der Waals surface area contributed by atoms with Crippen molar-refractivity contribution >= 4 is 15.9 Å². The van der Waals surface area contributed by atoms with Crippen LogP contribution in [0.2, 0.25) is 0 Å². The van der Waals surface area contributed by atoms with Crippen LogP contribution >= 0.6 is 15.9 Å². The second kappa shape index (κ2) is 2.60. The van der Waals surface area contributed by atoms with Crippen LogP contribution in [-0.4, -0.2) is 16.8 Å². The highest BCUT2D eigenvalue weighted by Crippen LogP contribution is 1.90. The SMILES string of the molecule is OC(Br)CF. The van der Waals surface area contributed by atoms with Gasteiger partial charge >= 0.3 is 0 Å². The predicted octanol–water partition coefficient (Wildman–Crippen LogP) is 0.669. The zero-order valence-corrected chi connectivity index (χ0v) is 4.07. The van der Waals surface area contributed by atoms with Crippen LogP contribution in [-0.2, 0) is 0 Å². The van der Waals surface area contributed by atoms with Gasteiger partial charge in [-0.1, -0.05) is 15.9 Å². The molecule has 0 radical (unpaired) electrons. The van der Waals surface area contributed by atoms with Crippen LogP contribution in [0.3, 0.4) is 0 Å². The molecule has 0 heterocycles. The standard InChI is InChI=1S/C2H4BrFO/c3-2(5)1-4/h2,5H,1H2. The number of hydrogen-bond donors (Lipinski definition) is 1. The number of aliphatic hydroxyl groups is 1. The van der Waals surface area contributed by atoms with E-state index in [2.05, 4.69) is 15.9 Å². The van der Waals surface area contributed by atoms with Gasteiger partial charge in [-0.2, -0.15) is 0 Å². The van der Waals surface area contributed by atoms with E-state index in [-0.39, 0.29) is 0 Å². The third kappa shape index (κ3) is 4.37. The summed E-state index contributed by atoms with van der Waals surface area (Å²) in [4.78, 5) is 0. The molecule has 0 saturated heterocycles.